The molecule has 0 atom stereocenters. The fourth-order valence-corrected chi connectivity index (χ4v) is 3.67. The van der Waals surface area contributed by atoms with Crippen molar-refractivity contribution in [3.63, 3.8) is 0 Å². The Labute approximate surface area is 114 Å². The van der Waals surface area contributed by atoms with E-state index >= 15 is 0 Å². The van der Waals surface area contributed by atoms with Crippen molar-refractivity contribution >= 4 is 10.0 Å². The summed E-state index contributed by atoms with van der Waals surface area (Å²) in [6, 6.07) is 1.65. The summed E-state index contributed by atoms with van der Waals surface area (Å²) in [5.74, 6) is 0. The van der Waals surface area contributed by atoms with Crippen LogP contribution >= 0.6 is 0 Å². The molecule has 108 valence electrons. The molecule has 0 unspecified atom stereocenters. The maximum atomic E-state index is 12.4. The molecule has 2 rings (SSSR count). The summed E-state index contributed by atoms with van der Waals surface area (Å²) in [7, 11) is 0.167. The van der Waals surface area contributed by atoms with Crippen molar-refractivity contribution in [1.82, 2.24) is 13.8 Å². The second-order valence-electron chi connectivity index (χ2n) is 4.75. The molecule has 19 heavy (non-hydrogen) atoms. The number of ether oxygens (including phenoxy) is 1. The molecule has 0 spiro atoms. The van der Waals surface area contributed by atoms with E-state index in [2.05, 4.69) is 4.90 Å². The first kappa shape index (κ1) is 14.5. The molecular formula is C12H21N3O3S. The minimum absolute atomic E-state index is 0.375. The Hall–Kier alpha value is -0.890. The smallest absolute Gasteiger partial charge is 0.244 e. The van der Waals surface area contributed by atoms with Crippen molar-refractivity contribution in [3.05, 3.63) is 18.5 Å². The van der Waals surface area contributed by atoms with Crippen molar-refractivity contribution in [2.75, 3.05) is 46.4 Å². The molecule has 6 nitrogen and oxygen atoms in total. The standard InChI is InChI=1S/C12H21N3O3S/c1-13-4-3-12(11-13)19(16,17)15-7-5-14(6-8-15)9-10-18-2/h3-4,11H,5-10H2,1-2H3. The lowest BCUT2D eigenvalue weighted by Crippen LogP contribution is -2.49. The molecule has 0 aliphatic carbocycles. The Morgan fingerprint density at radius 3 is 2.47 bits per heavy atom. The number of sulfonamides is 1. The van der Waals surface area contributed by atoms with Gasteiger partial charge in [-0.05, 0) is 6.07 Å². The third kappa shape index (κ3) is 3.36. The van der Waals surface area contributed by atoms with Gasteiger partial charge in [0.2, 0.25) is 10.0 Å². The van der Waals surface area contributed by atoms with Crippen molar-refractivity contribution < 1.29 is 13.2 Å². The Bertz CT molecular complexity index is 504. The lowest BCUT2D eigenvalue weighted by atomic mass is 10.4. The predicted molar refractivity (Wildman–Crippen MR) is 72.5 cm³/mol. The van der Waals surface area contributed by atoms with Crippen LogP contribution in [-0.4, -0.2) is 68.6 Å². The molecule has 0 saturated carbocycles. The Balaban J connectivity index is 1.97. The summed E-state index contributed by atoms with van der Waals surface area (Å²) in [5.41, 5.74) is 0. The fraction of sp³-hybridized carbons (Fsp3) is 0.667. The highest BCUT2D eigenvalue weighted by atomic mass is 32.2. The second kappa shape index (κ2) is 6.04. The zero-order chi connectivity index (χ0) is 13.9. The molecule has 0 aromatic carbocycles. The van der Waals surface area contributed by atoms with E-state index < -0.39 is 10.0 Å². The van der Waals surface area contributed by atoms with Crippen LogP contribution in [0.2, 0.25) is 0 Å². The van der Waals surface area contributed by atoms with E-state index in [-0.39, 0.29) is 0 Å². The molecule has 1 aromatic heterocycles. The molecule has 0 radical (unpaired) electrons. The van der Waals surface area contributed by atoms with E-state index in [1.54, 1.807) is 34.4 Å². The molecule has 1 aliphatic rings. The molecule has 1 aromatic rings. The predicted octanol–water partition coefficient (Wildman–Crippen LogP) is -0.0222. The van der Waals surface area contributed by atoms with Crippen LogP contribution in [0.25, 0.3) is 0 Å². The van der Waals surface area contributed by atoms with Gasteiger partial charge in [-0.2, -0.15) is 4.31 Å². The topological polar surface area (TPSA) is 54.8 Å². The Kier molecular flexibility index (Phi) is 4.62. The van der Waals surface area contributed by atoms with Gasteiger partial charge in [0.25, 0.3) is 0 Å². The first-order valence-electron chi connectivity index (χ1n) is 6.37. The van der Waals surface area contributed by atoms with Gasteiger partial charge in [-0.3, -0.25) is 4.90 Å². The van der Waals surface area contributed by atoms with Gasteiger partial charge >= 0.3 is 0 Å². The molecule has 0 amide bonds. The van der Waals surface area contributed by atoms with E-state index in [1.807, 2.05) is 7.05 Å². The lowest BCUT2D eigenvalue weighted by Gasteiger charge is -2.33. The summed E-state index contributed by atoms with van der Waals surface area (Å²) in [6.45, 7) is 4.15. The summed E-state index contributed by atoms with van der Waals surface area (Å²) < 4.78 is 33.1. The number of hydrogen-bond acceptors (Lipinski definition) is 4. The second-order valence-corrected chi connectivity index (χ2v) is 6.69. The summed E-state index contributed by atoms with van der Waals surface area (Å²) >= 11 is 0. The van der Waals surface area contributed by atoms with Gasteiger partial charge in [0.05, 0.1) is 11.5 Å². The highest BCUT2D eigenvalue weighted by molar-refractivity contribution is 7.89. The Morgan fingerprint density at radius 2 is 1.95 bits per heavy atom. The van der Waals surface area contributed by atoms with Gasteiger partial charge in [0, 0.05) is 59.3 Å². The van der Waals surface area contributed by atoms with Crippen LogP contribution in [0.15, 0.2) is 23.4 Å². The summed E-state index contributed by atoms with van der Waals surface area (Å²) in [4.78, 5) is 2.60. The van der Waals surface area contributed by atoms with Crippen molar-refractivity contribution in [2.45, 2.75) is 4.90 Å². The lowest BCUT2D eigenvalue weighted by molar-refractivity contribution is 0.123. The van der Waals surface area contributed by atoms with Gasteiger partial charge in [-0.25, -0.2) is 8.42 Å². The quantitative estimate of drug-likeness (QED) is 0.763. The van der Waals surface area contributed by atoms with Gasteiger partial charge in [-0.15, -0.1) is 0 Å². The summed E-state index contributed by atoms with van der Waals surface area (Å²) in [6.07, 6.45) is 3.40. The van der Waals surface area contributed by atoms with E-state index in [0.29, 0.717) is 24.6 Å². The fourth-order valence-electron chi connectivity index (χ4n) is 2.19. The van der Waals surface area contributed by atoms with E-state index in [9.17, 15) is 8.42 Å². The molecule has 2 heterocycles. The van der Waals surface area contributed by atoms with E-state index in [0.717, 1.165) is 19.6 Å². The molecule has 1 fully saturated rings. The van der Waals surface area contributed by atoms with Gasteiger partial charge in [0.15, 0.2) is 0 Å². The molecular weight excluding hydrogens is 266 g/mol. The zero-order valence-electron chi connectivity index (χ0n) is 11.4. The Morgan fingerprint density at radius 1 is 1.26 bits per heavy atom. The minimum atomic E-state index is -3.33. The number of methoxy groups -OCH3 is 1. The maximum absolute atomic E-state index is 12.4. The highest BCUT2D eigenvalue weighted by Crippen LogP contribution is 2.17. The van der Waals surface area contributed by atoms with Crippen LogP contribution < -0.4 is 0 Å². The molecule has 1 aliphatic heterocycles. The largest absolute Gasteiger partial charge is 0.383 e. The first-order valence-corrected chi connectivity index (χ1v) is 7.81. The van der Waals surface area contributed by atoms with Crippen molar-refractivity contribution in [2.24, 2.45) is 7.05 Å². The summed E-state index contributed by atoms with van der Waals surface area (Å²) in [5, 5.41) is 0. The SMILES string of the molecule is COCCN1CCN(S(=O)(=O)c2ccn(C)c2)CC1. The minimum Gasteiger partial charge on any atom is -0.383 e. The molecule has 7 heteroatoms. The van der Waals surface area contributed by atoms with E-state index in [1.165, 1.54) is 0 Å². The molecule has 0 bridgehead atoms. The number of piperazine rings is 1. The van der Waals surface area contributed by atoms with Crippen LogP contribution in [0.4, 0.5) is 0 Å². The third-order valence-corrected chi connectivity index (χ3v) is 5.27. The average Bonchev–Trinajstić information content (AvgIpc) is 2.84. The van der Waals surface area contributed by atoms with Gasteiger partial charge < -0.3 is 9.30 Å². The van der Waals surface area contributed by atoms with Crippen molar-refractivity contribution in [1.29, 1.82) is 0 Å². The monoisotopic (exact) mass is 287 g/mol. The van der Waals surface area contributed by atoms with Gasteiger partial charge in [0.1, 0.15) is 0 Å². The number of rotatable bonds is 5. The number of nitrogens with zero attached hydrogens (tertiary/aromatic N) is 3. The highest BCUT2D eigenvalue weighted by Gasteiger charge is 2.28. The van der Waals surface area contributed by atoms with Crippen LogP contribution in [-0.2, 0) is 21.8 Å². The van der Waals surface area contributed by atoms with Crippen LogP contribution in [0, 0.1) is 0 Å². The number of hydrogen-bond donors (Lipinski definition) is 0. The van der Waals surface area contributed by atoms with Crippen molar-refractivity contribution in [3.8, 4) is 0 Å². The van der Waals surface area contributed by atoms with Crippen LogP contribution in [0.3, 0.4) is 0 Å². The van der Waals surface area contributed by atoms with Crippen LogP contribution in [0.5, 0.6) is 0 Å². The first-order chi connectivity index (χ1) is 9.04. The number of aromatic nitrogens is 1. The molecule has 0 N–H and O–H groups in total. The van der Waals surface area contributed by atoms with E-state index in [4.69, 9.17) is 4.74 Å². The number of aryl methyl sites for hydroxylation is 1. The van der Waals surface area contributed by atoms with Gasteiger partial charge in [-0.1, -0.05) is 0 Å². The molecule has 1 saturated heterocycles. The normalized spacial score (nSPS) is 18.8. The maximum Gasteiger partial charge on any atom is 0.244 e. The zero-order valence-corrected chi connectivity index (χ0v) is 12.3. The third-order valence-electron chi connectivity index (χ3n) is 3.39. The van der Waals surface area contributed by atoms with Crippen LogP contribution in [0.1, 0.15) is 0 Å². The average molecular weight is 287 g/mol.